The maximum atomic E-state index is 12.0. The molecule has 0 atom stereocenters. The standard InChI is InChI=1S/C31H33ClN2O4/c1-3-36-30(35)16-24-6-4-5-7-29(24)37-20-25-21-38-31-27(17-26(32)18-28(25)31)23-10-8-22(9-11-23)19-34-14-12-33(2)13-15-34/h4-11,17-18,21H,3,12-16,19-20H2,1-2H3. The lowest BCUT2D eigenvalue weighted by Gasteiger charge is -2.32. The van der Waals surface area contributed by atoms with Crippen molar-refractivity contribution >= 4 is 28.5 Å². The van der Waals surface area contributed by atoms with Gasteiger partial charge in [0.05, 0.1) is 19.3 Å². The van der Waals surface area contributed by atoms with Crippen molar-refractivity contribution in [3.05, 3.63) is 88.6 Å². The topological polar surface area (TPSA) is 55.2 Å². The number of hydrogen-bond acceptors (Lipinski definition) is 6. The molecule has 0 N–H and O–H groups in total. The monoisotopic (exact) mass is 532 g/mol. The largest absolute Gasteiger partial charge is 0.488 e. The molecule has 0 spiro atoms. The molecule has 1 fully saturated rings. The summed E-state index contributed by atoms with van der Waals surface area (Å²) in [7, 11) is 2.18. The van der Waals surface area contributed by atoms with E-state index in [1.54, 1.807) is 13.2 Å². The van der Waals surface area contributed by atoms with E-state index in [1.165, 1.54) is 5.56 Å². The van der Waals surface area contributed by atoms with Gasteiger partial charge in [-0.3, -0.25) is 9.69 Å². The molecule has 198 valence electrons. The Morgan fingerprint density at radius 1 is 1.00 bits per heavy atom. The van der Waals surface area contributed by atoms with Gasteiger partial charge in [-0.1, -0.05) is 54.1 Å². The summed E-state index contributed by atoms with van der Waals surface area (Å²) in [5, 5.41) is 1.55. The molecule has 1 saturated heterocycles. The number of halogens is 1. The highest BCUT2D eigenvalue weighted by Gasteiger charge is 2.17. The number of rotatable bonds is 9. The molecule has 4 aromatic rings. The molecule has 1 aliphatic rings. The molecule has 0 bridgehead atoms. The number of furan rings is 1. The Morgan fingerprint density at radius 3 is 2.53 bits per heavy atom. The van der Waals surface area contributed by atoms with Crippen LogP contribution < -0.4 is 4.74 Å². The van der Waals surface area contributed by atoms with Crippen LogP contribution in [0.25, 0.3) is 22.1 Å². The Kier molecular flexibility index (Phi) is 8.32. The van der Waals surface area contributed by atoms with Gasteiger partial charge in [0, 0.05) is 59.8 Å². The van der Waals surface area contributed by atoms with Crippen LogP contribution in [0, 0.1) is 0 Å². The molecule has 7 heteroatoms. The summed E-state index contributed by atoms with van der Waals surface area (Å²) in [5.74, 6) is 0.372. The summed E-state index contributed by atoms with van der Waals surface area (Å²) in [6, 6.07) is 20.0. The minimum Gasteiger partial charge on any atom is -0.488 e. The first-order valence-electron chi connectivity index (χ1n) is 13.1. The van der Waals surface area contributed by atoms with Crippen LogP contribution in [0.4, 0.5) is 0 Å². The molecular weight excluding hydrogens is 500 g/mol. The fraction of sp³-hybridized carbons (Fsp3) is 0.323. The molecule has 3 aromatic carbocycles. The van der Waals surface area contributed by atoms with Gasteiger partial charge in [0.15, 0.2) is 0 Å². The van der Waals surface area contributed by atoms with Gasteiger partial charge < -0.3 is 18.8 Å². The maximum Gasteiger partial charge on any atom is 0.310 e. The molecule has 0 aliphatic carbocycles. The average molecular weight is 533 g/mol. The molecule has 0 saturated carbocycles. The summed E-state index contributed by atoms with van der Waals surface area (Å²) in [6.07, 6.45) is 1.89. The van der Waals surface area contributed by atoms with Gasteiger partial charge in [-0.05, 0) is 43.3 Å². The summed E-state index contributed by atoms with van der Waals surface area (Å²) < 4.78 is 17.3. The first-order valence-corrected chi connectivity index (χ1v) is 13.4. The highest BCUT2D eigenvalue weighted by Crippen LogP contribution is 2.36. The molecule has 0 unspecified atom stereocenters. The van der Waals surface area contributed by atoms with Crippen molar-refractivity contribution in [1.29, 1.82) is 0 Å². The number of nitrogens with zero attached hydrogens (tertiary/aromatic N) is 2. The van der Waals surface area contributed by atoms with Crippen molar-refractivity contribution < 1.29 is 18.7 Å². The van der Waals surface area contributed by atoms with Crippen LogP contribution in [0.15, 0.2) is 71.3 Å². The zero-order chi connectivity index (χ0) is 26.5. The zero-order valence-corrected chi connectivity index (χ0v) is 22.7. The second-order valence-corrected chi connectivity index (χ2v) is 10.2. The second kappa shape index (κ2) is 12.0. The number of benzene rings is 3. The van der Waals surface area contributed by atoms with E-state index < -0.39 is 0 Å². The predicted octanol–water partition coefficient (Wildman–Crippen LogP) is 6.19. The predicted molar refractivity (Wildman–Crippen MR) is 151 cm³/mol. The van der Waals surface area contributed by atoms with E-state index in [4.69, 9.17) is 25.5 Å². The van der Waals surface area contributed by atoms with Crippen LogP contribution in [-0.2, 0) is 29.1 Å². The quantitative estimate of drug-likeness (QED) is 0.240. The zero-order valence-electron chi connectivity index (χ0n) is 21.9. The molecular formula is C31H33ClN2O4. The number of hydrogen-bond donors (Lipinski definition) is 0. The van der Waals surface area contributed by atoms with Gasteiger partial charge in [0.1, 0.15) is 17.9 Å². The lowest BCUT2D eigenvalue weighted by atomic mass is 10.0. The van der Waals surface area contributed by atoms with E-state index in [1.807, 2.05) is 36.4 Å². The number of carbonyl (C=O) groups excluding carboxylic acids is 1. The normalized spacial score (nSPS) is 14.6. The first kappa shape index (κ1) is 26.3. The summed E-state index contributed by atoms with van der Waals surface area (Å²) in [4.78, 5) is 16.9. The van der Waals surface area contributed by atoms with Gasteiger partial charge in [0.2, 0.25) is 0 Å². The lowest BCUT2D eigenvalue weighted by Crippen LogP contribution is -2.43. The second-order valence-electron chi connectivity index (χ2n) is 9.75. The van der Waals surface area contributed by atoms with E-state index in [0.29, 0.717) is 17.4 Å². The van der Waals surface area contributed by atoms with Crippen molar-refractivity contribution in [2.45, 2.75) is 26.5 Å². The number of para-hydroxylation sites is 1. The molecule has 1 aliphatic heterocycles. The molecule has 5 rings (SSSR count). The van der Waals surface area contributed by atoms with Crippen molar-refractivity contribution in [1.82, 2.24) is 9.80 Å². The van der Waals surface area contributed by atoms with Gasteiger partial charge in [-0.15, -0.1) is 0 Å². The number of piperazine rings is 1. The lowest BCUT2D eigenvalue weighted by molar-refractivity contribution is -0.142. The van der Waals surface area contributed by atoms with Gasteiger partial charge in [0.25, 0.3) is 0 Å². The van der Waals surface area contributed by atoms with E-state index in [9.17, 15) is 4.79 Å². The van der Waals surface area contributed by atoms with Crippen LogP contribution in [0.2, 0.25) is 5.02 Å². The van der Waals surface area contributed by atoms with Crippen molar-refractivity contribution in [3.63, 3.8) is 0 Å². The van der Waals surface area contributed by atoms with Crippen LogP contribution in [-0.4, -0.2) is 55.6 Å². The van der Waals surface area contributed by atoms with Crippen molar-refractivity contribution in [3.8, 4) is 16.9 Å². The number of carbonyl (C=O) groups is 1. The number of ether oxygens (including phenoxy) is 2. The summed E-state index contributed by atoms with van der Waals surface area (Å²) in [5.41, 5.74) is 5.76. The minimum absolute atomic E-state index is 0.164. The van der Waals surface area contributed by atoms with Gasteiger partial charge in [-0.25, -0.2) is 0 Å². The number of likely N-dealkylation sites (N-methyl/N-ethyl adjacent to an activating group) is 1. The maximum absolute atomic E-state index is 12.0. The number of fused-ring (bicyclic) bond motifs is 1. The SMILES string of the molecule is CCOC(=O)Cc1ccccc1OCc1coc2c(-c3ccc(CN4CCN(C)CC4)cc3)cc(Cl)cc12. The first-order chi connectivity index (χ1) is 18.5. The Balaban J connectivity index is 1.33. The molecule has 1 aromatic heterocycles. The van der Waals surface area contributed by atoms with Crippen LogP contribution in [0.5, 0.6) is 5.75 Å². The molecule has 6 nitrogen and oxygen atoms in total. The molecule has 0 amide bonds. The average Bonchev–Trinajstić information content (AvgIpc) is 3.32. The summed E-state index contributed by atoms with van der Waals surface area (Å²) in [6.45, 7) is 7.81. The third-order valence-corrected chi connectivity index (χ3v) is 7.20. The highest BCUT2D eigenvalue weighted by molar-refractivity contribution is 6.32. The molecule has 2 heterocycles. The Morgan fingerprint density at radius 2 is 1.76 bits per heavy atom. The van der Waals surface area contributed by atoms with Gasteiger partial charge >= 0.3 is 5.97 Å². The van der Waals surface area contributed by atoms with Crippen LogP contribution in [0.1, 0.15) is 23.6 Å². The molecule has 0 radical (unpaired) electrons. The number of esters is 1. The van der Waals surface area contributed by atoms with E-state index in [2.05, 4.69) is 41.1 Å². The highest BCUT2D eigenvalue weighted by atomic mass is 35.5. The van der Waals surface area contributed by atoms with Crippen molar-refractivity contribution in [2.75, 3.05) is 39.8 Å². The van der Waals surface area contributed by atoms with E-state index >= 15 is 0 Å². The Labute approximate surface area is 228 Å². The summed E-state index contributed by atoms with van der Waals surface area (Å²) >= 11 is 6.56. The smallest absolute Gasteiger partial charge is 0.310 e. The Hall–Kier alpha value is -3.32. The third kappa shape index (κ3) is 6.21. The van der Waals surface area contributed by atoms with E-state index in [-0.39, 0.29) is 19.0 Å². The van der Waals surface area contributed by atoms with Crippen molar-refractivity contribution in [2.24, 2.45) is 0 Å². The minimum atomic E-state index is -0.275. The third-order valence-electron chi connectivity index (χ3n) is 6.98. The fourth-order valence-electron chi connectivity index (χ4n) is 4.85. The fourth-order valence-corrected chi connectivity index (χ4v) is 5.06. The van der Waals surface area contributed by atoms with Gasteiger partial charge in [-0.2, -0.15) is 0 Å². The van der Waals surface area contributed by atoms with Crippen LogP contribution in [0.3, 0.4) is 0 Å². The van der Waals surface area contributed by atoms with E-state index in [0.717, 1.165) is 65.9 Å². The Bertz CT molecular complexity index is 1390. The molecule has 38 heavy (non-hydrogen) atoms. The van der Waals surface area contributed by atoms with Crippen LogP contribution >= 0.6 is 11.6 Å².